The van der Waals surface area contributed by atoms with E-state index in [1.54, 1.807) is 62.5 Å². The van der Waals surface area contributed by atoms with Crippen LogP contribution >= 0.6 is 0 Å². The van der Waals surface area contributed by atoms with Crippen LogP contribution in [0.1, 0.15) is 81.3 Å². The maximum absolute atomic E-state index is 15.1. The van der Waals surface area contributed by atoms with E-state index in [0.29, 0.717) is 45.4 Å². The first-order chi connectivity index (χ1) is 45.5. The molecule has 0 bridgehead atoms. The van der Waals surface area contributed by atoms with Gasteiger partial charge in [-0.15, -0.1) is 0 Å². The normalized spacial score (nSPS) is 16.6. The third-order valence-corrected chi connectivity index (χ3v) is 16.3. The number of imidazole rings is 1. The van der Waals surface area contributed by atoms with Gasteiger partial charge in [0.15, 0.2) is 5.96 Å². The van der Waals surface area contributed by atoms with Gasteiger partial charge in [0, 0.05) is 85.4 Å². The molecule has 0 aliphatic carbocycles. The number of hydrogen-bond acceptors (Lipinski definition) is 15. The minimum Gasteiger partial charge on any atom is -0.508 e. The molecule has 0 spiro atoms. The number of benzene rings is 3. The Labute approximate surface area is 545 Å². The van der Waals surface area contributed by atoms with E-state index in [1.807, 2.05) is 12.1 Å². The van der Waals surface area contributed by atoms with Crippen molar-refractivity contribution >= 4 is 92.7 Å². The van der Waals surface area contributed by atoms with Crippen LogP contribution < -0.4 is 64.6 Å². The van der Waals surface area contributed by atoms with Crippen molar-refractivity contribution in [2.75, 3.05) is 26.2 Å². The van der Waals surface area contributed by atoms with Crippen molar-refractivity contribution in [1.29, 1.82) is 5.41 Å². The number of hydrogen-bond donors (Lipinski definition) is 18. The van der Waals surface area contributed by atoms with Crippen LogP contribution in [-0.2, 0) is 78.4 Å². The van der Waals surface area contributed by atoms with Crippen molar-refractivity contribution in [3.8, 4) is 5.75 Å². The molecule has 2 aliphatic heterocycles. The standard InChI is InChI=1S/C64H82N18O13/c1-34(2)23-46(56(88)75-45(13-7-21-69-64(66)67)63(95)82-22-8-14-52(82)62(94)71-31-53(65)85)76-59(91)49(27-38-25-36-9-3-5-11-42(36)73-38)80-57(89)47(24-35-15-17-40(84)18-16-35)77-61(93)51(32-83)81-58(90)48(26-37-29-70-43-12-6-4-10-41(37)43)78-60(92)50(28-39-30-68-33-72-39)79-55(87)44-19-20-54(86)74-44/h3-6,9-12,15-18,25,29-30,33-34,44-52,70,73,83-84H,7-8,13-14,19-24,26-28,31-32H2,1-2H3,(H2,65,85)(H,68,72)(H,71,94)(H,74,86)(H,75,88)(H,76,91)(H,77,93)(H,78,92)(H,79,87)(H,80,89)(H,81,90)(H4,66,67,69)/t44-,45+,46+,47+,48+,49+,50+,51+,52+/m1/s1. The molecule has 2 fully saturated rings. The average molecular weight is 1310 g/mol. The molecule has 95 heavy (non-hydrogen) atoms. The molecule has 2 saturated heterocycles. The summed E-state index contributed by atoms with van der Waals surface area (Å²) in [4.78, 5) is 168. The number of amides is 11. The first kappa shape index (κ1) is 70.0. The molecule has 9 atom stereocenters. The second-order valence-corrected chi connectivity index (χ2v) is 24.1. The molecular weight excluding hydrogens is 1230 g/mol. The molecule has 20 N–H and O–H groups in total. The van der Waals surface area contributed by atoms with Gasteiger partial charge in [0.25, 0.3) is 0 Å². The highest BCUT2D eigenvalue weighted by molar-refractivity contribution is 6.00. The number of aromatic nitrogens is 4. The van der Waals surface area contributed by atoms with E-state index in [-0.39, 0.29) is 101 Å². The second kappa shape index (κ2) is 33.1. The number of nitrogens with one attached hydrogen (secondary N) is 14. The van der Waals surface area contributed by atoms with E-state index >= 15 is 9.59 Å². The third-order valence-electron chi connectivity index (χ3n) is 16.3. The smallest absolute Gasteiger partial charge is 0.245 e. The molecule has 5 heterocycles. The number of carbonyl (C=O) groups is 11. The van der Waals surface area contributed by atoms with Gasteiger partial charge in [-0.25, -0.2) is 4.98 Å². The van der Waals surface area contributed by atoms with Crippen molar-refractivity contribution in [3.63, 3.8) is 0 Å². The zero-order valence-corrected chi connectivity index (χ0v) is 52.6. The van der Waals surface area contributed by atoms with Crippen molar-refractivity contribution in [3.05, 3.63) is 120 Å². The fourth-order valence-electron chi connectivity index (χ4n) is 11.5. The number of aliphatic hydroxyl groups is 1. The number of likely N-dealkylation sites (tertiary alicyclic amines) is 1. The average Bonchev–Trinajstić information content (AvgIpc) is 1.80. The Kier molecular flexibility index (Phi) is 24.4. The molecule has 2 aliphatic rings. The summed E-state index contributed by atoms with van der Waals surface area (Å²) in [6, 6.07) is 9.58. The largest absolute Gasteiger partial charge is 0.508 e. The number of aromatic hydroxyl groups is 1. The number of fused-ring (bicyclic) bond motifs is 2. The van der Waals surface area contributed by atoms with Crippen molar-refractivity contribution in [2.24, 2.45) is 17.4 Å². The SMILES string of the molecule is CC(C)C[C@H](NC(=O)[C@H](Cc1cc2ccccc2[nH]1)NC(=O)[C@H](Cc1ccc(O)cc1)NC(=O)[C@H](CO)NC(=O)[C@H](Cc1c[nH]c2ccccc12)NC(=O)[C@H](Cc1cnc[nH]1)NC(=O)[C@H]1CCC(=O)N1)C(=O)N[C@@H](CCCNC(=N)N)C(=O)N1CCC[C@H]1C(=O)NCC(N)=O. The molecule has 3 aromatic carbocycles. The number of H-pyrrole nitrogens is 3. The highest BCUT2D eigenvalue weighted by Crippen LogP contribution is 2.23. The number of aliphatic hydroxyl groups excluding tert-OH is 1. The zero-order chi connectivity index (χ0) is 68.3. The fourth-order valence-corrected chi connectivity index (χ4v) is 11.5. The second-order valence-electron chi connectivity index (χ2n) is 24.1. The highest BCUT2D eigenvalue weighted by Gasteiger charge is 2.40. The Hall–Kier alpha value is -10.8. The molecular formula is C64H82N18O13. The van der Waals surface area contributed by atoms with Crippen LogP contribution in [0.4, 0.5) is 0 Å². The summed E-state index contributed by atoms with van der Waals surface area (Å²) in [5.74, 6) is -9.20. The van der Waals surface area contributed by atoms with Gasteiger partial charge in [-0.05, 0) is 91.3 Å². The van der Waals surface area contributed by atoms with Gasteiger partial charge in [-0.2, -0.15) is 0 Å². The summed E-state index contributed by atoms with van der Waals surface area (Å²) in [6.45, 7) is 2.38. The number of nitrogens with two attached hydrogens (primary N) is 2. The van der Waals surface area contributed by atoms with E-state index in [2.05, 4.69) is 73.1 Å². The molecule has 3 aromatic heterocycles. The lowest BCUT2D eigenvalue weighted by molar-refractivity contribution is -0.142. The number of nitrogens with zero attached hydrogens (tertiary/aromatic N) is 2. The topological polar surface area (TPSA) is 488 Å². The van der Waals surface area contributed by atoms with Crippen molar-refractivity contribution in [2.45, 2.75) is 139 Å². The Morgan fingerprint density at radius 2 is 1.27 bits per heavy atom. The van der Waals surface area contributed by atoms with Gasteiger partial charge < -0.3 is 94.7 Å². The number of para-hydroxylation sites is 2. The maximum atomic E-state index is 15.1. The number of phenols is 1. The van der Waals surface area contributed by atoms with Crippen LogP contribution in [0.15, 0.2) is 97.6 Å². The summed E-state index contributed by atoms with van der Waals surface area (Å²) in [5.41, 5.74) is 14.1. The van der Waals surface area contributed by atoms with Gasteiger partial charge >= 0.3 is 0 Å². The third kappa shape index (κ3) is 19.8. The van der Waals surface area contributed by atoms with Crippen LogP contribution in [0.2, 0.25) is 0 Å². The van der Waals surface area contributed by atoms with Crippen LogP contribution in [0.5, 0.6) is 5.75 Å². The van der Waals surface area contributed by atoms with Crippen molar-refractivity contribution in [1.82, 2.24) is 78.0 Å². The number of phenolic OH excluding ortho intramolecular Hbond substituents is 1. The Morgan fingerprint density at radius 1 is 0.674 bits per heavy atom. The van der Waals surface area contributed by atoms with Gasteiger partial charge in [0.05, 0.1) is 19.5 Å². The van der Waals surface area contributed by atoms with Gasteiger partial charge in [-0.1, -0.05) is 62.4 Å². The van der Waals surface area contributed by atoms with Crippen LogP contribution in [0.25, 0.3) is 21.8 Å². The monoisotopic (exact) mass is 1310 g/mol. The van der Waals surface area contributed by atoms with E-state index in [4.69, 9.17) is 16.9 Å². The molecule has 0 unspecified atom stereocenters. The minimum absolute atomic E-state index is 0.00575. The minimum atomic E-state index is -1.80. The van der Waals surface area contributed by atoms with E-state index in [9.17, 15) is 53.4 Å². The molecule has 0 saturated carbocycles. The molecule has 6 aromatic rings. The lowest BCUT2D eigenvalue weighted by atomic mass is 10.00. The number of primary amides is 1. The first-order valence-electron chi connectivity index (χ1n) is 31.4. The van der Waals surface area contributed by atoms with Gasteiger partial charge in [-0.3, -0.25) is 58.1 Å². The molecule has 31 nitrogen and oxygen atoms in total. The number of rotatable bonds is 33. The maximum Gasteiger partial charge on any atom is 0.245 e. The Morgan fingerprint density at radius 3 is 1.91 bits per heavy atom. The predicted molar refractivity (Wildman–Crippen MR) is 345 cm³/mol. The summed E-state index contributed by atoms with van der Waals surface area (Å²) in [6.07, 6.45) is 4.84. The lowest BCUT2D eigenvalue weighted by Gasteiger charge is -2.30. The summed E-state index contributed by atoms with van der Waals surface area (Å²) in [7, 11) is 0. The van der Waals surface area contributed by atoms with E-state index in [0.717, 1.165) is 5.39 Å². The molecule has 8 rings (SSSR count). The predicted octanol–water partition coefficient (Wildman–Crippen LogP) is -2.09. The van der Waals surface area contributed by atoms with Crippen LogP contribution in [-0.4, -0.2) is 187 Å². The Bertz CT molecular complexity index is 3710. The quantitative estimate of drug-likeness (QED) is 0.0119. The molecule has 0 radical (unpaired) electrons. The summed E-state index contributed by atoms with van der Waals surface area (Å²) in [5, 5.41) is 56.8. The molecule has 506 valence electrons. The van der Waals surface area contributed by atoms with E-state index in [1.165, 1.54) is 41.7 Å². The van der Waals surface area contributed by atoms with E-state index < -0.39 is 127 Å². The number of guanidine groups is 1. The fraction of sp³-hybridized carbons (Fsp3) is 0.422. The summed E-state index contributed by atoms with van der Waals surface area (Å²) < 4.78 is 0. The zero-order valence-electron chi connectivity index (χ0n) is 52.6. The van der Waals surface area contributed by atoms with Crippen molar-refractivity contribution < 1.29 is 63.0 Å². The molecule has 31 heteroatoms. The molecule has 11 amide bonds. The first-order valence-corrected chi connectivity index (χ1v) is 31.4. The highest BCUT2D eigenvalue weighted by atomic mass is 16.3. The Balaban J connectivity index is 1.05. The lowest BCUT2D eigenvalue weighted by Crippen LogP contribution is -2.61. The van der Waals surface area contributed by atoms with Crippen LogP contribution in [0, 0.1) is 11.3 Å². The van der Waals surface area contributed by atoms with Crippen LogP contribution in [0.3, 0.4) is 0 Å². The van der Waals surface area contributed by atoms with Gasteiger partial charge in [0.1, 0.15) is 60.1 Å². The number of carbonyl (C=O) groups excluding carboxylic acids is 11. The number of aromatic amines is 3. The van der Waals surface area contributed by atoms with Gasteiger partial charge in [0.2, 0.25) is 65.0 Å². The summed E-state index contributed by atoms with van der Waals surface area (Å²) >= 11 is 0.